The van der Waals surface area contributed by atoms with Crippen LogP contribution in [0.1, 0.15) is 6.42 Å². The van der Waals surface area contributed by atoms with Gasteiger partial charge in [0.2, 0.25) is 0 Å². The van der Waals surface area contributed by atoms with E-state index in [0.29, 0.717) is 0 Å². The predicted molar refractivity (Wildman–Crippen MR) is 53.0 cm³/mol. The van der Waals surface area contributed by atoms with Crippen molar-refractivity contribution in [2.75, 3.05) is 0 Å². The van der Waals surface area contributed by atoms with Crippen LogP contribution in [-0.4, -0.2) is 38.8 Å². The van der Waals surface area contributed by atoms with Gasteiger partial charge in [-0.25, -0.2) is 9.59 Å². The van der Waals surface area contributed by atoms with Gasteiger partial charge in [-0.2, -0.15) is 0 Å². The maximum atomic E-state index is 11.2. The molecule has 0 radical (unpaired) electrons. The molecule has 2 aliphatic carbocycles. The number of aliphatic carboxylic acids is 3. The number of nitrogens with two attached hydrogens (primary N) is 1. The zero-order valence-corrected chi connectivity index (χ0v) is 8.66. The molecular formula is C10H11NO6. The van der Waals surface area contributed by atoms with E-state index in [1.807, 2.05) is 0 Å². The van der Waals surface area contributed by atoms with Gasteiger partial charge in [-0.15, -0.1) is 0 Å². The second-order valence-corrected chi connectivity index (χ2v) is 4.44. The number of hydrogen-bond donors (Lipinski definition) is 4. The molecule has 2 rings (SSSR count). The van der Waals surface area contributed by atoms with Crippen molar-refractivity contribution in [3.8, 4) is 0 Å². The molecule has 4 atom stereocenters. The fourth-order valence-electron chi connectivity index (χ4n) is 2.83. The molecule has 7 heteroatoms. The van der Waals surface area contributed by atoms with Crippen LogP contribution in [0.15, 0.2) is 11.6 Å². The van der Waals surface area contributed by atoms with Gasteiger partial charge < -0.3 is 21.1 Å². The zero-order chi connectivity index (χ0) is 13.0. The van der Waals surface area contributed by atoms with E-state index in [1.165, 1.54) is 0 Å². The van der Waals surface area contributed by atoms with Crippen LogP contribution in [0.25, 0.3) is 0 Å². The van der Waals surface area contributed by atoms with Crippen molar-refractivity contribution in [1.82, 2.24) is 0 Å². The quantitative estimate of drug-likeness (QED) is 0.471. The smallest absolute Gasteiger partial charge is 0.328 e. The molecule has 0 aromatic carbocycles. The molecule has 7 nitrogen and oxygen atoms in total. The summed E-state index contributed by atoms with van der Waals surface area (Å²) in [6.07, 6.45) is 0.899. The molecule has 2 fully saturated rings. The highest BCUT2D eigenvalue weighted by atomic mass is 16.4. The monoisotopic (exact) mass is 241 g/mol. The normalized spacial score (nSPS) is 41.0. The molecule has 0 aromatic heterocycles. The molecule has 2 aliphatic rings. The van der Waals surface area contributed by atoms with Crippen molar-refractivity contribution < 1.29 is 29.7 Å². The first-order chi connectivity index (χ1) is 7.80. The first-order valence-corrected chi connectivity index (χ1v) is 4.99. The largest absolute Gasteiger partial charge is 0.481 e. The number of rotatable bonds is 3. The highest BCUT2D eigenvalue weighted by Gasteiger charge is 2.72. The third-order valence-corrected chi connectivity index (χ3v) is 3.62. The second kappa shape index (κ2) is 3.30. The van der Waals surface area contributed by atoms with Crippen LogP contribution in [0.3, 0.4) is 0 Å². The molecule has 92 valence electrons. The lowest BCUT2D eigenvalue weighted by Crippen LogP contribution is -2.51. The van der Waals surface area contributed by atoms with Crippen molar-refractivity contribution in [3.05, 3.63) is 11.6 Å². The zero-order valence-electron chi connectivity index (χ0n) is 8.66. The van der Waals surface area contributed by atoms with Crippen molar-refractivity contribution >= 4 is 17.9 Å². The Bertz CT molecular complexity index is 456. The summed E-state index contributed by atoms with van der Waals surface area (Å²) in [7, 11) is 0. The van der Waals surface area contributed by atoms with E-state index >= 15 is 0 Å². The van der Waals surface area contributed by atoms with E-state index in [4.69, 9.17) is 21.1 Å². The molecule has 0 spiro atoms. The van der Waals surface area contributed by atoms with Crippen LogP contribution < -0.4 is 5.73 Å². The molecule has 0 amide bonds. The lowest BCUT2D eigenvalue weighted by molar-refractivity contribution is -0.143. The highest BCUT2D eigenvalue weighted by Crippen LogP contribution is 2.63. The number of carboxylic acids is 3. The SMILES string of the molecule is N[C@]1(C(=O)O)C(=CC(=O)O)C[C@H]2[C@H](C(=O)O)[C@H]21. The molecule has 0 aromatic rings. The van der Waals surface area contributed by atoms with E-state index < -0.39 is 35.3 Å². The molecule has 0 saturated heterocycles. The van der Waals surface area contributed by atoms with Crippen LogP contribution >= 0.6 is 0 Å². The Hall–Kier alpha value is -1.89. The summed E-state index contributed by atoms with van der Waals surface area (Å²) in [5.74, 6) is -5.57. The first kappa shape index (κ1) is 11.6. The lowest BCUT2D eigenvalue weighted by atomic mass is 9.86. The van der Waals surface area contributed by atoms with Crippen molar-refractivity contribution in [2.45, 2.75) is 12.0 Å². The van der Waals surface area contributed by atoms with Crippen molar-refractivity contribution in [2.24, 2.45) is 23.5 Å². The average molecular weight is 241 g/mol. The van der Waals surface area contributed by atoms with Crippen LogP contribution in [0.2, 0.25) is 0 Å². The summed E-state index contributed by atoms with van der Waals surface area (Å²) in [4.78, 5) is 32.6. The number of hydrogen-bond acceptors (Lipinski definition) is 4. The van der Waals surface area contributed by atoms with Gasteiger partial charge in [0, 0.05) is 12.0 Å². The molecule has 5 N–H and O–H groups in total. The Labute approximate surface area is 95.5 Å². The Balaban J connectivity index is 2.37. The van der Waals surface area contributed by atoms with Gasteiger partial charge in [-0.3, -0.25) is 4.79 Å². The van der Waals surface area contributed by atoms with Crippen LogP contribution in [0.4, 0.5) is 0 Å². The first-order valence-electron chi connectivity index (χ1n) is 4.99. The summed E-state index contributed by atoms with van der Waals surface area (Å²) in [5, 5.41) is 26.6. The van der Waals surface area contributed by atoms with Gasteiger partial charge in [-0.1, -0.05) is 0 Å². The summed E-state index contributed by atoms with van der Waals surface area (Å²) in [5.41, 5.74) is 3.95. The predicted octanol–water partition coefficient (Wildman–Crippen LogP) is -0.870. The van der Waals surface area contributed by atoms with Crippen molar-refractivity contribution in [3.63, 3.8) is 0 Å². The summed E-state index contributed by atoms with van der Waals surface area (Å²) in [6.45, 7) is 0. The standard InChI is InChI=1S/C10H11NO6/c11-10(9(16)17)3(2-5(12)13)1-4-6(7(4)10)8(14)15/h2,4,6-7H,1,11H2,(H,12,13)(H,14,15)(H,16,17)/t4-,6-,7-,10+/m0/s1. The number of carboxylic acid groups (broad SMARTS) is 3. The molecule has 0 unspecified atom stereocenters. The average Bonchev–Trinajstić information content (AvgIpc) is 2.82. The van der Waals surface area contributed by atoms with Crippen LogP contribution in [0.5, 0.6) is 0 Å². The Kier molecular flexibility index (Phi) is 2.25. The highest BCUT2D eigenvalue weighted by molar-refractivity contribution is 5.92. The Morgan fingerprint density at radius 2 is 1.88 bits per heavy atom. The fourth-order valence-corrected chi connectivity index (χ4v) is 2.83. The maximum Gasteiger partial charge on any atom is 0.328 e. The van der Waals surface area contributed by atoms with Gasteiger partial charge in [0.05, 0.1) is 5.92 Å². The molecular weight excluding hydrogens is 230 g/mol. The molecule has 17 heavy (non-hydrogen) atoms. The topological polar surface area (TPSA) is 138 Å². The van der Waals surface area contributed by atoms with E-state index in [1.54, 1.807) is 0 Å². The van der Waals surface area contributed by atoms with Gasteiger partial charge in [-0.05, 0) is 17.9 Å². The van der Waals surface area contributed by atoms with Gasteiger partial charge >= 0.3 is 17.9 Å². The van der Waals surface area contributed by atoms with E-state index in [-0.39, 0.29) is 17.9 Å². The molecule has 0 aliphatic heterocycles. The Morgan fingerprint density at radius 3 is 2.29 bits per heavy atom. The third kappa shape index (κ3) is 1.42. The lowest BCUT2D eigenvalue weighted by Gasteiger charge is -2.24. The Morgan fingerprint density at radius 1 is 1.29 bits per heavy atom. The second-order valence-electron chi connectivity index (χ2n) is 4.44. The van der Waals surface area contributed by atoms with Crippen molar-refractivity contribution in [1.29, 1.82) is 0 Å². The van der Waals surface area contributed by atoms with Gasteiger partial charge in [0.15, 0.2) is 0 Å². The van der Waals surface area contributed by atoms with E-state index in [0.717, 1.165) is 6.08 Å². The fraction of sp³-hybridized carbons (Fsp3) is 0.500. The minimum Gasteiger partial charge on any atom is -0.481 e. The molecule has 0 heterocycles. The minimum atomic E-state index is -1.86. The number of fused-ring (bicyclic) bond motifs is 1. The molecule has 0 bridgehead atoms. The van der Waals surface area contributed by atoms with E-state index in [9.17, 15) is 14.4 Å². The number of carbonyl (C=O) groups is 3. The summed E-state index contributed by atoms with van der Waals surface area (Å²) in [6, 6.07) is 0. The molecule has 2 saturated carbocycles. The maximum absolute atomic E-state index is 11.2. The van der Waals surface area contributed by atoms with E-state index in [2.05, 4.69) is 0 Å². The van der Waals surface area contributed by atoms with Gasteiger partial charge in [0.1, 0.15) is 5.54 Å². The minimum absolute atomic E-state index is 0.0880. The van der Waals surface area contributed by atoms with Crippen LogP contribution in [0, 0.1) is 17.8 Å². The summed E-state index contributed by atoms with van der Waals surface area (Å²) < 4.78 is 0. The third-order valence-electron chi connectivity index (χ3n) is 3.62. The summed E-state index contributed by atoms with van der Waals surface area (Å²) >= 11 is 0. The van der Waals surface area contributed by atoms with Crippen LogP contribution in [-0.2, 0) is 14.4 Å². The van der Waals surface area contributed by atoms with Gasteiger partial charge in [0.25, 0.3) is 0 Å².